The highest BCUT2D eigenvalue weighted by atomic mass is 79.9. The zero-order valence-electron chi connectivity index (χ0n) is 10.8. The zero-order chi connectivity index (χ0) is 13.6. The molecule has 0 bridgehead atoms. The molecule has 5 nitrogen and oxygen atoms in total. The highest BCUT2D eigenvalue weighted by molar-refractivity contribution is 9.09. The summed E-state index contributed by atoms with van der Waals surface area (Å²) in [5, 5.41) is 4.99. The number of nitrogens with zero attached hydrogens (tertiary/aromatic N) is 2. The first-order valence-corrected chi connectivity index (χ1v) is 8.48. The standard InChI is InChI=1S/C11H18BrN3O2S/c1-8-10(9(2)15(3)14-8)18(16,17)13-7-11(6-12)4-5-11/h13H,4-7H2,1-3H3. The molecule has 1 heterocycles. The minimum Gasteiger partial charge on any atom is -0.271 e. The van der Waals surface area contributed by atoms with Gasteiger partial charge in [0, 0.05) is 18.9 Å². The van der Waals surface area contributed by atoms with E-state index in [1.807, 2.05) is 0 Å². The Morgan fingerprint density at radius 3 is 2.44 bits per heavy atom. The normalized spacial score (nSPS) is 18.0. The van der Waals surface area contributed by atoms with E-state index in [-0.39, 0.29) is 5.41 Å². The maximum atomic E-state index is 12.3. The second-order valence-corrected chi connectivity index (χ2v) is 7.35. The third kappa shape index (κ3) is 2.48. The number of sulfonamides is 1. The Morgan fingerprint density at radius 1 is 1.44 bits per heavy atom. The van der Waals surface area contributed by atoms with Gasteiger partial charge in [-0.15, -0.1) is 0 Å². The van der Waals surface area contributed by atoms with Gasteiger partial charge in [0.05, 0.1) is 11.4 Å². The Kier molecular flexibility index (Phi) is 3.59. The van der Waals surface area contributed by atoms with Crippen LogP contribution in [0.25, 0.3) is 0 Å². The van der Waals surface area contributed by atoms with Gasteiger partial charge in [0.15, 0.2) is 0 Å². The van der Waals surface area contributed by atoms with Crippen LogP contribution in [0.15, 0.2) is 4.90 Å². The van der Waals surface area contributed by atoms with E-state index >= 15 is 0 Å². The average Bonchev–Trinajstić information content (AvgIpc) is 3.01. The van der Waals surface area contributed by atoms with Crippen LogP contribution >= 0.6 is 15.9 Å². The van der Waals surface area contributed by atoms with Gasteiger partial charge in [-0.3, -0.25) is 4.68 Å². The Bertz CT molecular complexity index is 561. The van der Waals surface area contributed by atoms with Crippen LogP contribution in [0.4, 0.5) is 0 Å². The number of alkyl halides is 1. The minimum absolute atomic E-state index is 0.122. The molecule has 0 atom stereocenters. The summed E-state index contributed by atoms with van der Waals surface area (Å²) in [6.07, 6.45) is 2.15. The fraction of sp³-hybridized carbons (Fsp3) is 0.727. The van der Waals surface area contributed by atoms with Gasteiger partial charge in [0.25, 0.3) is 0 Å². The quantitative estimate of drug-likeness (QED) is 0.829. The topological polar surface area (TPSA) is 64.0 Å². The Morgan fingerprint density at radius 2 is 2.06 bits per heavy atom. The van der Waals surface area contributed by atoms with Crippen molar-refractivity contribution in [2.45, 2.75) is 31.6 Å². The molecule has 1 fully saturated rings. The molecule has 1 aromatic rings. The first kappa shape index (κ1) is 14.0. The summed E-state index contributed by atoms with van der Waals surface area (Å²) in [6, 6.07) is 0. The van der Waals surface area contributed by atoms with E-state index in [4.69, 9.17) is 0 Å². The largest absolute Gasteiger partial charge is 0.271 e. The lowest BCUT2D eigenvalue weighted by Gasteiger charge is -2.13. The fourth-order valence-corrected chi connectivity index (χ4v) is 4.35. The van der Waals surface area contributed by atoms with E-state index in [0.717, 1.165) is 18.2 Å². The number of aryl methyl sites for hydroxylation is 2. The predicted molar refractivity (Wildman–Crippen MR) is 73.3 cm³/mol. The van der Waals surface area contributed by atoms with Crippen molar-refractivity contribution in [3.8, 4) is 0 Å². The average molecular weight is 336 g/mol. The molecule has 0 spiro atoms. The van der Waals surface area contributed by atoms with Crippen molar-refractivity contribution in [1.29, 1.82) is 0 Å². The molecule has 1 N–H and O–H groups in total. The van der Waals surface area contributed by atoms with Gasteiger partial charge >= 0.3 is 0 Å². The lowest BCUT2D eigenvalue weighted by molar-refractivity contribution is 0.537. The molecule has 1 aliphatic rings. The molecule has 18 heavy (non-hydrogen) atoms. The molecule has 0 aromatic carbocycles. The molecule has 0 saturated heterocycles. The molecule has 102 valence electrons. The number of rotatable bonds is 5. The van der Waals surface area contributed by atoms with E-state index in [9.17, 15) is 8.42 Å². The maximum Gasteiger partial charge on any atom is 0.244 e. The fourth-order valence-electron chi connectivity index (χ4n) is 2.00. The van der Waals surface area contributed by atoms with Crippen LogP contribution < -0.4 is 4.72 Å². The molecular formula is C11H18BrN3O2S. The summed E-state index contributed by atoms with van der Waals surface area (Å²) >= 11 is 3.44. The monoisotopic (exact) mass is 335 g/mol. The van der Waals surface area contributed by atoms with Crippen molar-refractivity contribution in [2.75, 3.05) is 11.9 Å². The Labute approximate surface area is 116 Å². The van der Waals surface area contributed by atoms with Crippen LogP contribution in [-0.4, -0.2) is 30.1 Å². The first-order valence-electron chi connectivity index (χ1n) is 5.87. The highest BCUT2D eigenvalue weighted by Crippen LogP contribution is 2.46. The van der Waals surface area contributed by atoms with Crippen LogP contribution in [0.3, 0.4) is 0 Å². The summed E-state index contributed by atoms with van der Waals surface area (Å²) < 4.78 is 28.9. The SMILES string of the molecule is Cc1nn(C)c(C)c1S(=O)(=O)NCC1(CBr)CC1. The predicted octanol–water partition coefficient (Wildman–Crippen LogP) is 1.49. The van der Waals surface area contributed by atoms with Crippen LogP contribution in [-0.2, 0) is 17.1 Å². The minimum atomic E-state index is -3.46. The molecular weight excluding hydrogens is 318 g/mol. The van der Waals surface area contributed by atoms with Gasteiger partial charge in [0.1, 0.15) is 4.90 Å². The number of nitrogens with one attached hydrogen (secondary N) is 1. The third-order valence-corrected chi connectivity index (χ3v) is 6.43. The summed E-state index contributed by atoms with van der Waals surface area (Å²) in [4.78, 5) is 0.315. The van der Waals surface area contributed by atoms with E-state index in [1.54, 1.807) is 25.6 Å². The van der Waals surface area contributed by atoms with Crippen LogP contribution in [0.1, 0.15) is 24.2 Å². The molecule has 0 radical (unpaired) electrons. The maximum absolute atomic E-state index is 12.3. The second-order valence-electron chi connectivity index (χ2n) is 5.08. The Balaban J connectivity index is 2.21. The van der Waals surface area contributed by atoms with Crippen molar-refractivity contribution in [1.82, 2.24) is 14.5 Å². The first-order chi connectivity index (χ1) is 8.31. The van der Waals surface area contributed by atoms with Crippen molar-refractivity contribution in [3.63, 3.8) is 0 Å². The van der Waals surface area contributed by atoms with E-state index in [1.165, 1.54) is 0 Å². The molecule has 7 heteroatoms. The zero-order valence-corrected chi connectivity index (χ0v) is 13.2. The number of halogens is 1. The molecule has 1 saturated carbocycles. The second kappa shape index (κ2) is 4.61. The summed E-state index contributed by atoms with van der Waals surface area (Å²) in [5.41, 5.74) is 1.34. The van der Waals surface area contributed by atoms with Gasteiger partial charge in [-0.2, -0.15) is 5.10 Å². The smallest absolute Gasteiger partial charge is 0.244 e. The number of hydrogen-bond acceptors (Lipinski definition) is 3. The van der Waals surface area contributed by atoms with Gasteiger partial charge in [-0.1, -0.05) is 15.9 Å². The summed E-state index contributed by atoms with van der Waals surface area (Å²) in [5.74, 6) is 0. The molecule has 0 unspecified atom stereocenters. The Hall–Kier alpha value is -0.400. The van der Waals surface area contributed by atoms with E-state index in [2.05, 4.69) is 25.8 Å². The van der Waals surface area contributed by atoms with E-state index in [0.29, 0.717) is 22.8 Å². The molecule has 1 aromatic heterocycles. The lowest BCUT2D eigenvalue weighted by Crippen LogP contribution is -2.31. The van der Waals surface area contributed by atoms with Crippen molar-refractivity contribution >= 4 is 26.0 Å². The molecule has 2 rings (SSSR count). The van der Waals surface area contributed by atoms with Gasteiger partial charge in [-0.25, -0.2) is 13.1 Å². The molecule has 0 aliphatic heterocycles. The summed E-state index contributed by atoms with van der Waals surface area (Å²) in [7, 11) is -1.71. The van der Waals surface area contributed by atoms with Gasteiger partial charge in [0.2, 0.25) is 10.0 Å². The van der Waals surface area contributed by atoms with Gasteiger partial charge in [-0.05, 0) is 32.1 Å². The molecule has 0 amide bonds. The van der Waals surface area contributed by atoms with E-state index < -0.39 is 10.0 Å². The van der Waals surface area contributed by atoms with Crippen molar-refractivity contribution < 1.29 is 8.42 Å². The number of aromatic nitrogens is 2. The van der Waals surface area contributed by atoms with Crippen LogP contribution in [0, 0.1) is 19.3 Å². The van der Waals surface area contributed by atoms with Crippen molar-refractivity contribution in [3.05, 3.63) is 11.4 Å². The lowest BCUT2D eigenvalue weighted by atomic mass is 10.1. The van der Waals surface area contributed by atoms with Gasteiger partial charge < -0.3 is 0 Å². The third-order valence-electron chi connectivity index (χ3n) is 3.59. The number of hydrogen-bond donors (Lipinski definition) is 1. The van der Waals surface area contributed by atoms with Crippen LogP contribution in [0.5, 0.6) is 0 Å². The molecule has 1 aliphatic carbocycles. The van der Waals surface area contributed by atoms with Crippen molar-refractivity contribution in [2.24, 2.45) is 12.5 Å². The van der Waals surface area contributed by atoms with Crippen LogP contribution in [0.2, 0.25) is 0 Å². The highest BCUT2D eigenvalue weighted by Gasteiger charge is 2.42. The summed E-state index contributed by atoms with van der Waals surface area (Å²) in [6.45, 7) is 3.99.